The van der Waals surface area contributed by atoms with E-state index in [-0.39, 0.29) is 0 Å². The van der Waals surface area contributed by atoms with Crippen LogP contribution in [-0.2, 0) is 0 Å². The maximum Gasteiger partial charge on any atom is 0.0123 e. The molecular weight excluding hydrogens is 214 g/mol. The van der Waals surface area contributed by atoms with Gasteiger partial charge in [0.05, 0.1) is 0 Å². The van der Waals surface area contributed by atoms with Crippen molar-refractivity contribution >= 4 is 11.9 Å². The van der Waals surface area contributed by atoms with Crippen LogP contribution in [-0.4, -0.2) is 23.1 Å². The molecule has 94 valence electrons. The van der Waals surface area contributed by atoms with Crippen LogP contribution < -0.4 is 0 Å². The first-order valence-corrected chi connectivity index (χ1v) is 7.97. The molecule has 1 heterocycles. The van der Waals surface area contributed by atoms with E-state index in [0.717, 1.165) is 23.7 Å². The van der Waals surface area contributed by atoms with Crippen LogP contribution in [0.4, 0.5) is 0 Å². The second-order valence-electron chi connectivity index (χ2n) is 6.27. The summed E-state index contributed by atoms with van der Waals surface area (Å²) in [7, 11) is 0. The molecule has 0 spiro atoms. The second kappa shape index (κ2) is 5.77. The molecule has 16 heavy (non-hydrogen) atoms. The van der Waals surface area contributed by atoms with Gasteiger partial charge in [-0.2, -0.15) is 0 Å². The van der Waals surface area contributed by atoms with E-state index < -0.39 is 0 Å². The van der Waals surface area contributed by atoms with Crippen molar-refractivity contribution in [3.8, 4) is 0 Å². The van der Waals surface area contributed by atoms with Gasteiger partial charge in [0.1, 0.15) is 0 Å². The lowest BCUT2D eigenvalue weighted by atomic mass is 9.77. The Morgan fingerprint density at radius 3 is 2.38 bits per heavy atom. The van der Waals surface area contributed by atoms with Crippen LogP contribution in [0.15, 0.2) is 0 Å². The van der Waals surface area contributed by atoms with Gasteiger partial charge in [0.2, 0.25) is 0 Å². The van der Waals surface area contributed by atoms with E-state index in [2.05, 4.69) is 37.0 Å². The van der Waals surface area contributed by atoms with Crippen LogP contribution in [0.5, 0.6) is 0 Å². The number of rotatable bonds is 3. The van der Waals surface area contributed by atoms with Gasteiger partial charge in [0, 0.05) is 18.8 Å². The molecule has 1 aliphatic carbocycles. The molecule has 0 aromatic carbocycles. The molecule has 0 radical (unpaired) electrons. The van der Waals surface area contributed by atoms with Crippen LogP contribution in [0.1, 0.15) is 46.5 Å². The van der Waals surface area contributed by atoms with Crippen molar-refractivity contribution in [3.05, 3.63) is 0 Å². The van der Waals surface area contributed by atoms with Gasteiger partial charge in [-0.25, -0.2) is 0 Å². The smallest absolute Gasteiger partial charge is 0.0123 e. The Labute approximate surface area is 105 Å². The summed E-state index contributed by atoms with van der Waals surface area (Å²) >= 11 is 2.08. The molecule has 0 N–H and O–H groups in total. The molecule has 2 rings (SSSR count). The standard InChI is InChI=1S/C14H27NS/c1-11(2)14-6-4-13(5-7-14)9-15-8-12(3)10-16-15/h11-14H,4-10H2,1-3H3. The van der Waals surface area contributed by atoms with Gasteiger partial charge in [0.25, 0.3) is 0 Å². The number of hydrogen-bond acceptors (Lipinski definition) is 2. The summed E-state index contributed by atoms with van der Waals surface area (Å²) in [5.74, 6) is 5.18. The van der Waals surface area contributed by atoms with Gasteiger partial charge in [0.15, 0.2) is 0 Å². The van der Waals surface area contributed by atoms with Gasteiger partial charge in [-0.1, -0.05) is 32.7 Å². The lowest BCUT2D eigenvalue weighted by molar-refractivity contribution is 0.203. The summed E-state index contributed by atoms with van der Waals surface area (Å²) in [5, 5.41) is 0. The number of hydrogen-bond donors (Lipinski definition) is 0. The number of nitrogens with zero attached hydrogens (tertiary/aromatic N) is 1. The molecule has 0 aromatic heterocycles. The van der Waals surface area contributed by atoms with Gasteiger partial charge >= 0.3 is 0 Å². The largest absolute Gasteiger partial charge is 0.250 e. The van der Waals surface area contributed by atoms with Crippen LogP contribution in [0.25, 0.3) is 0 Å². The zero-order chi connectivity index (χ0) is 11.5. The fourth-order valence-corrected chi connectivity index (χ4v) is 4.39. The molecule has 2 heteroatoms. The first-order chi connectivity index (χ1) is 7.65. The molecule has 0 bridgehead atoms. The Kier molecular flexibility index (Phi) is 4.60. The Morgan fingerprint density at radius 2 is 1.88 bits per heavy atom. The molecule has 0 aromatic rings. The first-order valence-electron chi connectivity index (χ1n) is 7.03. The minimum atomic E-state index is 0.905. The van der Waals surface area contributed by atoms with E-state index in [1.807, 2.05) is 0 Å². The van der Waals surface area contributed by atoms with Crippen molar-refractivity contribution < 1.29 is 0 Å². The third-order valence-electron chi connectivity index (χ3n) is 4.35. The third-order valence-corrected chi connectivity index (χ3v) is 5.73. The molecule has 1 unspecified atom stereocenters. The summed E-state index contributed by atoms with van der Waals surface area (Å²) in [6, 6.07) is 0. The van der Waals surface area contributed by atoms with Crippen molar-refractivity contribution in [1.82, 2.24) is 4.31 Å². The highest BCUT2D eigenvalue weighted by atomic mass is 32.2. The quantitative estimate of drug-likeness (QED) is 0.686. The highest BCUT2D eigenvalue weighted by Gasteiger charge is 2.27. The Hall–Kier alpha value is 0.310. The summed E-state index contributed by atoms with van der Waals surface area (Å²) in [4.78, 5) is 0. The van der Waals surface area contributed by atoms with E-state index >= 15 is 0 Å². The van der Waals surface area contributed by atoms with Gasteiger partial charge in [-0.3, -0.25) is 4.31 Å². The fraction of sp³-hybridized carbons (Fsp3) is 1.00. The first kappa shape index (κ1) is 12.8. The van der Waals surface area contributed by atoms with Crippen molar-refractivity contribution in [3.63, 3.8) is 0 Å². The maximum absolute atomic E-state index is 2.63. The third kappa shape index (κ3) is 3.40. The summed E-state index contributed by atoms with van der Waals surface area (Å²) in [5.41, 5.74) is 0. The van der Waals surface area contributed by atoms with Crippen molar-refractivity contribution in [1.29, 1.82) is 0 Å². The second-order valence-corrected chi connectivity index (χ2v) is 7.38. The lowest BCUT2D eigenvalue weighted by Gasteiger charge is -2.32. The van der Waals surface area contributed by atoms with Gasteiger partial charge in [-0.05, 0) is 49.4 Å². The SMILES string of the molecule is CC1CSN(CC2CCC(C(C)C)CC2)C1. The molecular formula is C14H27NS. The molecule has 1 saturated heterocycles. The predicted octanol–water partition coefficient (Wildman–Crippen LogP) is 4.05. The summed E-state index contributed by atoms with van der Waals surface area (Å²) in [6.07, 6.45) is 5.93. The maximum atomic E-state index is 2.63. The topological polar surface area (TPSA) is 3.24 Å². The van der Waals surface area contributed by atoms with Crippen LogP contribution in [0.2, 0.25) is 0 Å². The van der Waals surface area contributed by atoms with E-state index in [4.69, 9.17) is 0 Å². The zero-order valence-electron chi connectivity index (χ0n) is 11.1. The lowest BCUT2D eigenvalue weighted by Crippen LogP contribution is -2.27. The Bertz CT molecular complexity index is 209. The molecule has 1 saturated carbocycles. The zero-order valence-corrected chi connectivity index (χ0v) is 11.9. The highest BCUT2D eigenvalue weighted by molar-refractivity contribution is 7.97. The minimum absolute atomic E-state index is 0.905. The molecule has 1 aliphatic heterocycles. The van der Waals surface area contributed by atoms with Crippen molar-refractivity contribution in [2.45, 2.75) is 46.5 Å². The molecule has 2 fully saturated rings. The van der Waals surface area contributed by atoms with E-state index in [9.17, 15) is 0 Å². The van der Waals surface area contributed by atoms with Crippen molar-refractivity contribution in [2.24, 2.45) is 23.7 Å². The molecule has 1 atom stereocenters. The average molecular weight is 241 g/mol. The Balaban J connectivity index is 1.69. The molecule has 0 amide bonds. The molecule has 2 aliphatic rings. The predicted molar refractivity (Wildman–Crippen MR) is 73.5 cm³/mol. The van der Waals surface area contributed by atoms with Crippen molar-refractivity contribution in [2.75, 3.05) is 18.8 Å². The monoisotopic (exact) mass is 241 g/mol. The Morgan fingerprint density at radius 1 is 1.19 bits per heavy atom. The van der Waals surface area contributed by atoms with E-state index in [1.165, 1.54) is 44.5 Å². The van der Waals surface area contributed by atoms with Gasteiger partial charge < -0.3 is 0 Å². The van der Waals surface area contributed by atoms with Crippen LogP contribution in [0.3, 0.4) is 0 Å². The van der Waals surface area contributed by atoms with E-state index in [1.54, 1.807) is 0 Å². The van der Waals surface area contributed by atoms with Crippen LogP contribution in [0, 0.1) is 23.7 Å². The normalized spacial score (nSPS) is 37.1. The van der Waals surface area contributed by atoms with E-state index in [0.29, 0.717) is 0 Å². The van der Waals surface area contributed by atoms with Gasteiger partial charge in [-0.15, -0.1) is 0 Å². The van der Waals surface area contributed by atoms with Crippen LogP contribution >= 0.6 is 11.9 Å². The summed E-state index contributed by atoms with van der Waals surface area (Å²) < 4.78 is 2.63. The average Bonchev–Trinajstić information content (AvgIpc) is 2.65. The fourth-order valence-electron chi connectivity index (χ4n) is 3.14. The highest BCUT2D eigenvalue weighted by Crippen LogP contribution is 2.35. The molecule has 1 nitrogen and oxygen atoms in total. The summed E-state index contributed by atoms with van der Waals surface area (Å²) in [6.45, 7) is 9.85. The minimum Gasteiger partial charge on any atom is -0.250 e.